The molecule has 1 saturated carbocycles. The van der Waals surface area contributed by atoms with Crippen LogP contribution in [0.1, 0.15) is 30.1 Å². The van der Waals surface area contributed by atoms with E-state index in [9.17, 15) is 9.59 Å². The van der Waals surface area contributed by atoms with Crippen molar-refractivity contribution in [3.63, 3.8) is 0 Å². The van der Waals surface area contributed by atoms with Gasteiger partial charge in [0.05, 0.1) is 0 Å². The third-order valence-corrected chi connectivity index (χ3v) is 3.10. The maximum atomic E-state index is 11.9. The Balaban J connectivity index is 1.97. The minimum atomic E-state index is -0.123. The fourth-order valence-corrected chi connectivity index (χ4v) is 1.81. The number of urea groups is 1. The molecule has 0 atom stereocenters. The molecule has 0 aliphatic heterocycles. The molecule has 2 rings (SSSR count). The van der Waals surface area contributed by atoms with Crippen LogP contribution in [0, 0.1) is 5.92 Å². The molecule has 0 bridgehead atoms. The van der Waals surface area contributed by atoms with Crippen LogP contribution in [-0.4, -0.2) is 30.3 Å². The smallest absolute Gasteiger partial charge is 0.321 e. The zero-order chi connectivity index (χ0) is 13.1. The highest BCUT2D eigenvalue weighted by atomic mass is 16.2. The first-order chi connectivity index (χ1) is 8.56. The van der Waals surface area contributed by atoms with E-state index in [-0.39, 0.29) is 11.8 Å². The Morgan fingerprint density at radius 3 is 2.72 bits per heavy atom. The highest BCUT2D eigenvalue weighted by Gasteiger charge is 2.24. The Labute approximate surface area is 107 Å². The molecule has 0 saturated heterocycles. The molecule has 1 fully saturated rings. The lowest BCUT2D eigenvalue weighted by Crippen LogP contribution is -2.32. The van der Waals surface area contributed by atoms with Crippen LogP contribution in [0.15, 0.2) is 24.3 Å². The second-order valence-electron chi connectivity index (χ2n) is 4.89. The number of nitrogens with zero attached hydrogens (tertiary/aromatic N) is 1. The summed E-state index contributed by atoms with van der Waals surface area (Å²) in [5.74, 6) is 0.668. The summed E-state index contributed by atoms with van der Waals surface area (Å²) in [6.45, 7) is 2.32. The van der Waals surface area contributed by atoms with Gasteiger partial charge in [0.15, 0.2) is 5.78 Å². The fraction of sp³-hybridized carbons (Fsp3) is 0.429. The van der Waals surface area contributed by atoms with Crippen LogP contribution in [0.3, 0.4) is 0 Å². The van der Waals surface area contributed by atoms with Crippen LogP contribution in [0.5, 0.6) is 0 Å². The van der Waals surface area contributed by atoms with Gasteiger partial charge in [-0.05, 0) is 37.8 Å². The molecule has 1 aliphatic rings. The molecular formula is C14H18N2O2. The van der Waals surface area contributed by atoms with Crippen LogP contribution in [0.4, 0.5) is 10.5 Å². The van der Waals surface area contributed by atoms with Crippen molar-refractivity contribution in [2.24, 2.45) is 5.92 Å². The van der Waals surface area contributed by atoms with Gasteiger partial charge < -0.3 is 10.2 Å². The van der Waals surface area contributed by atoms with Gasteiger partial charge in [-0.15, -0.1) is 0 Å². The predicted octanol–water partition coefficient (Wildman–Crippen LogP) is 2.76. The predicted molar refractivity (Wildman–Crippen MR) is 70.8 cm³/mol. The van der Waals surface area contributed by atoms with E-state index < -0.39 is 0 Å². The van der Waals surface area contributed by atoms with E-state index in [2.05, 4.69) is 5.32 Å². The van der Waals surface area contributed by atoms with E-state index >= 15 is 0 Å². The van der Waals surface area contributed by atoms with Gasteiger partial charge in [-0.3, -0.25) is 4.79 Å². The third-order valence-electron chi connectivity index (χ3n) is 3.10. The van der Waals surface area contributed by atoms with Crippen molar-refractivity contribution in [1.82, 2.24) is 4.90 Å². The minimum Gasteiger partial charge on any atom is -0.327 e. The van der Waals surface area contributed by atoms with Crippen molar-refractivity contribution >= 4 is 17.5 Å². The summed E-state index contributed by atoms with van der Waals surface area (Å²) in [6, 6.07) is 6.88. The molecule has 96 valence electrons. The third kappa shape index (κ3) is 3.32. The Morgan fingerprint density at radius 1 is 1.39 bits per heavy atom. The summed E-state index contributed by atoms with van der Waals surface area (Å²) in [6.07, 6.45) is 2.44. The first kappa shape index (κ1) is 12.6. The van der Waals surface area contributed by atoms with Gasteiger partial charge in [0.1, 0.15) is 0 Å². The van der Waals surface area contributed by atoms with Gasteiger partial charge in [0.25, 0.3) is 0 Å². The number of carbonyl (C=O) groups is 2. The Morgan fingerprint density at radius 2 is 2.11 bits per heavy atom. The molecule has 4 heteroatoms. The molecular weight excluding hydrogens is 228 g/mol. The van der Waals surface area contributed by atoms with Gasteiger partial charge in [-0.2, -0.15) is 0 Å². The van der Waals surface area contributed by atoms with E-state index in [1.54, 1.807) is 36.2 Å². The molecule has 0 heterocycles. The molecule has 2 amide bonds. The quantitative estimate of drug-likeness (QED) is 0.830. The van der Waals surface area contributed by atoms with Crippen molar-refractivity contribution in [2.45, 2.75) is 19.8 Å². The monoisotopic (exact) mass is 246 g/mol. The fourth-order valence-electron chi connectivity index (χ4n) is 1.81. The number of nitrogens with one attached hydrogen (secondary N) is 1. The molecule has 0 spiro atoms. The number of carbonyl (C=O) groups excluding carboxylic acids is 2. The van der Waals surface area contributed by atoms with Gasteiger partial charge in [-0.25, -0.2) is 4.79 Å². The number of anilines is 1. The number of Topliss-reactive ketones (excluding diaryl/α,β-unsaturated/α-hetero) is 1. The van der Waals surface area contributed by atoms with E-state index in [1.165, 1.54) is 19.8 Å². The lowest BCUT2D eigenvalue weighted by molar-refractivity contribution is 0.101. The topological polar surface area (TPSA) is 49.4 Å². The molecule has 4 nitrogen and oxygen atoms in total. The Hall–Kier alpha value is -1.84. The Kier molecular flexibility index (Phi) is 3.65. The first-order valence-electron chi connectivity index (χ1n) is 6.19. The largest absolute Gasteiger partial charge is 0.327 e. The average Bonchev–Trinajstić information content (AvgIpc) is 3.13. The minimum absolute atomic E-state index is 0.00238. The van der Waals surface area contributed by atoms with Crippen LogP contribution in [-0.2, 0) is 0 Å². The Bertz CT molecular complexity index is 467. The van der Waals surface area contributed by atoms with Crippen molar-refractivity contribution in [3.8, 4) is 0 Å². The summed E-state index contributed by atoms with van der Waals surface area (Å²) < 4.78 is 0. The number of amides is 2. The standard InChI is InChI=1S/C14H18N2O2/c1-10(17)12-4-3-5-13(8-12)15-14(18)16(2)9-11-6-7-11/h3-5,8,11H,6-7,9H2,1-2H3,(H,15,18). The normalized spacial score (nSPS) is 14.1. The average molecular weight is 246 g/mol. The SMILES string of the molecule is CC(=O)c1cccc(NC(=O)N(C)CC2CC2)c1. The van der Waals surface area contributed by atoms with Crippen molar-refractivity contribution in [1.29, 1.82) is 0 Å². The van der Waals surface area contributed by atoms with E-state index in [0.717, 1.165) is 6.54 Å². The maximum absolute atomic E-state index is 11.9. The molecule has 1 aromatic carbocycles. The molecule has 0 aromatic heterocycles. The second-order valence-corrected chi connectivity index (χ2v) is 4.89. The van der Waals surface area contributed by atoms with Crippen LogP contribution >= 0.6 is 0 Å². The van der Waals surface area contributed by atoms with Crippen molar-refractivity contribution < 1.29 is 9.59 Å². The summed E-state index contributed by atoms with van der Waals surface area (Å²) in [4.78, 5) is 24.8. The molecule has 0 radical (unpaired) electrons. The van der Waals surface area contributed by atoms with Crippen molar-refractivity contribution in [3.05, 3.63) is 29.8 Å². The van der Waals surface area contributed by atoms with Crippen LogP contribution in [0.25, 0.3) is 0 Å². The maximum Gasteiger partial charge on any atom is 0.321 e. The highest BCUT2D eigenvalue weighted by molar-refractivity contribution is 5.96. The number of rotatable bonds is 4. The number of benzene rings is 1. The van der Waals surface area contributed by atoms with Gasteiger partial charge >= 0.3 is 6.03 Å². The lowest BCUT2D eigenvalue weighted by atomic mass is 10.1. The van der Waals surface area contributed by atoms with Crippen LogP contribution < -0.4 is 5.32 Å². The van der Waals surface area contributed by atoms with Gasteiger partial charge in [0.2, 0.25) is 0 Å². The highest BCUT2D eigenvalue weighted by Crippen LogP contribution is 2.29. The van der Waals surface area contributed by atoms with Crippen LogP contribution in [0.2, 0.25) is 0 Å². The second kappa shape index (κ2) is 5.21. The number of hydrogen-bond acceptors (Lipinski definition) is 2. The van der Waals surface area contributed by atoms with E-state index in [1.807, 2.05) is 0 Å². The molecule has 1 aromatic rings. The summed E-state index contributed by atoms with van der Waals surface area (Å²) in [5.41, 5.74) is 1.27. The molecule has 1 aliphatic carbocycles. The van der Waals surface area contributed by atoms with Gasteiger partial charge in [-0.1, -0.05) is 12.1 Å². The molecule has 0 unspecified atom stereocenters. The summed E-state index contributed by atoms with van der Waals surface area (Å²) >= 11 is 0. The first-order valence-corrected chi connectivity index (χ1v) is 6.19. The number of ketones is 1. The number of hydrogen-bond donors (Lipinski definition) is 1. The lowest BCUT2D eigenvalue weighted by Gasteiger charge is -2.17. The summed E-state index contributed by atoms with van der Waals surface area (Å²) in [5, 5.41) is 2.80. The zero-order valence-electron chi connectivity index (χ0n) is 10.8. The zero-order valence-corrected chi connectivity index (χ0v) is 10.8. The van der Waals surface area contributed by atoms with Gasteiger partial charge in [0, 0.05) is 24.8 Å². The van der Waals surface area contributed by atoms with E-state index in [0.29, 0.717) is 17.2 Å². The summed E-state index contributed by atoms with van der Waals surface area (Å²) in [7, 11) is 1.79. The molecule has 18 heavy (non-hydrogen) atoms. The van der Waals surface area contributed by atoms with Crippen molar-refractivity contribution in [2.75, 3.05) is 18.9 Å². The molecule has 1 N–H and O–H groups in total. The van der Waals surface area contributed by atoms with E-state index in [4.69, 9.17) is 0 Å².